The Hall–Kier alpha value is -3.34. The molecule has 1 unspecified atom stereocenters. The topological polar surface area (TPSA) is 58.6 Å². The number of Topliss-reactive ketones (excluding diaryl/α,β-unsaturated/α-hetero) is 1. The molecule has 1 N–H and O–H groups in total. The van der Waals surface area contributed by atoms with Crippen LogP contribution in [0.4, 0.5) is 5.69 Å². The summed E-state index contributed by atoms with van der Waals surface area (Å²) >= 11 is 0. The molecular formula is C27H28N2O3. The summed E-state index contributed by atoms with van der Waals surface area (Å²) in [5.74, 6) is -0.678. The van der Waals surface area contributed by atoms with E-state index in [2.05, 4.69) is 10.2 Å². The molecule has 0 spiro atoms. The molecule has 0 bridgehead atoms. The van der Waals surface area contributed by atoms with E-state index in [0.29, 0.717) is 17.7 Å². The first-order chi connectivity index (χ1) is 15.6. The molecule has 3 aliphatic rings. The number of hydrogen-bond donors (Lipinski definition) is 1. The number of esters is 1. The van der Waals surface area contributed by atoms with Gasteiger partial charge in [-0.15, -0.1) is 0 Å². The van der Waals surface area contributed by atoms with Crippen molar-refractivity contribution in [3.05, 3.63) is 88.8 Å². The second-order valence-electron chi connectivity index (χ2n) is 8.83. The quantitative estimate of drug-likeness (QED) is 0.728. The number of dihydropyridines is 1. The summed E-state index contributed by atoms with van der Waals surface area (Å²) in [7, 11) is 0. The molecule has 5 heteroatoms. The third-order valence-electron chi connectivity index (χ3n) is 6.68. The van der Waals surface area contributed by atoms with Crippen LogP contribution in [-0.4, -0.2) is 30.9 Å². The van der Waals surface area contributed by atoms with Crippen molar-refractivity contribution in [2.75, 3.05) is 18.0 Å². The Bertz CT molecular complexity index is 1080. The maximum Gasteiger partial charge on any atom is 0.337 e. The number of carbonyl (C=O) groups excluding carboxylic acids is 2. The Labute approximate surface area is 188 Å². The van der Waals surface area contributed by atoms with Gasteiger partial charge in [-0.1, -0.05) is 48.5 Å². The van der Waals surface area contributed by atoms with Gasteiger partial charge in [0.2, 0.25) is 0 Å². The standard InChI is InChI=1S/C27H28N2O3/c1-18-24(27(31)32-21-14-8-9-15-21)25(19-10-4-2-5-11-19)26-22(28-18)16-29(17-23(26)30)20-12-6-3-7-13-20/h2-7,10-13,21,25,28H,8-9,14-17H2,1H3. The molecular weight excluding hydrogens is 400 g/mol. The van der Waals surface area contributed by atoms with Crippen LogP contribution in [0.1, 0.15) is 44.1 Å². The lowest BCUT2D eigenvalue weighted by Gasteiger charge is -2.39. The first-order valence-corrected chi connectivity index (χ1v) is 11.4. The minimum Gasteiger partial charge on any atom is -0.459 e. The fraction of sp³-hybridized carbons (Fsp3) is 0.333. The van der Waals surface area contributed by atoms with Gasteiger partial charge in [-0.3, -0.25) is 4.79 Å². The van der Waals surface area contributed by atoms with E-state index >= 15 is 0 Å². The molecule has 2 aliphatic heterocycles. The van der Waals surface area contributed by atoms with Crippen molar-refractivity contribution in [3.8, 4) is 0 Å². The Morgan fingerprint density at radius 3 is 2.31 bits per heavy atom. The maximum absolute atomic E-state index is 13.5. The minimum atomic E-state index is -0.410. The van der Waals surface area contributed by atoms with E-state index < -0.39 is 5.92 Å². The van der Waals surface area contributed by atoms with Crippen molar-refractivity contribution >= 4 is 17.4 Å². The van der Waals surface area contributed by atoms with Gasteiger partial charge in [0.25, 0.3) is 0 Å². The SMILES string of the molecule is CC1=C(C(=O)OC2CCCC2)C(c2ccccc2)C2=C(CN(c3ccccc3)CC2=O)N1. The highest BCUT2D eigenvalue weighted by molar-refractivity contribution is 6.06. The van der Waals surface area contributed by atoms with Crippen molar-refractivity contribution in [3.63, 3.8) is 0 Å². The van der Waals surface area contributed by atoms with Gasteiger partial charge in [0.15, 0.2) is 5.78 Å². The lowest BCUT2D eigenvalue weighted by atomic mass is 9.77. The number of rotatable bonds is 4. The molecule has 1 saturated carbocycles. The van der Waals surface area contributed by atoms with Crippen LogP contribution in [0.2, 0.25) is 0 Å². The van der Waals surface area contributed by atoms with E-state index in [0.717, 1.165) is 48.3 Å². The van der Waals surface area contributed by atoms with Gasteiger partial charge in [-0.05, 0) is 50.3 Å². The predicted octanol–water partition coefficient (Wildman–Crippen LogP) is 4.48. The molecule has 0 saturated heterocycles. The fourth-order valence-electron chi connectivity index (χ4n) is 5.15. The number of nitrogens with one attached hydrogen (secondary N) is 1. The maximum atomic E-state index is 13.5. The van der Waals surface area contributed by atoms with E-state index in [-0.39, 0.29) is 24.4 Å². The van der Waals surface area contributed by atoms with E-state index in [1.54, 1.807) is 0 Å². The van der Waals surface area contributed by atoms with E-state index in [4.69, 9.17) is 4.74 Å². The van der Waals surface area contributed by atoms with Crippen molar-refractivity contribution in [1.29, 1.82) is 0 Å². The molecule has 164 valence electrons. The van der Waals surface area contributed by atoms with Crippen molar-refractivity contribution in [2.45, 2.75) is 44.6 Å². The third kappa shape index (κ3) is 3.83. The number of allylic oxidation sites excluding steroid dienone is 1. The first-order valence-electron chi connectivity index (χ1n) is 11.4. The second kappa shape index (κ2) is 8.65. The lowest BCUT2D eigenvalue weighted by molar-refractivity contribution is -0.144. The Morgan fingerprint density at radius 2 is 1.62 bits per heavy atom. The number of benzene rings is 2. The molecule has 5 rings (SSSR count). The molecule has 2 aromatic carbocycles. The van der Waals surface area contributed by atoms with Crippen LogP contribution in [0.15, 0.2) is 83.2 Å². The molecule has 1 fully saturated rings. The molecule has 2 heterocycles. The zero-order valence-corrected chi connectivity index (χ0v) is 18.3. The second-order valence-corrected chi connectivity index (χ2v) is 8.83. The van der Waals surface area contributed by atoms with Crippen LogP contribution < -0.4 is 10.2 Å². The highest BCUT2D eigenvalue weighted by Gasteiger charge is 2.41. The summed E-state index contributed by atoms with van der Waals surface area (Å²) < 4.78 is 5.90. The predicted molar refractivity (Wildman–Crippen MR) is 124 cm³/mol. The van der Waals surface area contributed by atoms with E-state index in [1.165, 1.54) is 0 Å². The third-order valence-corrected chi connectivity index (χ3v) is 6.68. The van der Waals surface area contributed by atoms with E-state index in [1.807, 2.05) is 67.6 Å². The van der Waals surface area contributed by atoms with Crippen LogP contribution in [0, 0.1) is 0 Å². The van der Waals surface area contributed by atoms with Gasteiger partial charge < -0.3 is 15.0 Å². The summed E-state index contributed by atoms with van der Waals surface area (Å²) in [5.41, 5.74) is 4.84. The van der Waals surface area contributed by atoms with Crippen molar-refractivity contribution in [1.82, 2.24) is 5.32 Å². The van der Waals surface area contributed by atoms with Crippen LogP contribution in [0.3, 0.4) is 0 Å². The normalized spacial score (nSPS) is 21.5. The first kappa shape index (κ1) is 20.6. The van der Waals surface area contributed by atoms with Gasteiger partial charge in [0.05, 0.1) is 18.7 Å². The van der Waals surface area contributed by atoms with Crippen LogP contribution >= 0.6 is 0 Å². The molecule has 5 nitrogen and oxygen atoms in total. The molecule has 0 radical (unpaired) electrons. The number of anilines is 1. The fourth-order valence-corrected chi connectivity index (χ4v) is 5.15. The van der Waals surface area contributed by atoms with Crippen LogP contribution in [0.5, 0.6) is 0 Å². The van der Waals surface area contributed by atoms with Gasteiger partial charge >= 0.3 is 5.97 Å². The van der Waals surface area contributed by atoms with E-state index in [9.17, 15) is 9.59 Å². The average molecular weight is 429 g/mol. The molecule has 1 atom stereocenters. The summed E-state index contributed by atoms with van der Waals surface area (Å²) in [6.45, 7) is 2.80. The number of ketones is 1. The zero-order valence-electron chi connectivity index (χ0n) is 18.3. The van der Waals surface area contributed by atoms with Crippen molar-refractivity contribution < 1.29 is 14.3 Å². The van der Waals surface area contributed by atoms with Gasteiger partial charge in [-0.2, -0.15) is 0 Å². The van der Waals surface area contributed by atoms with Gasteiger partial charge in [-0.25, -0.2) is 4.79 Å². The average Bonchev–Trinajstić information content (AvgIpc) is 3.32. The number of ether oxygens (including phenoxy) is 1. The number of hydrogen-bond acceptors (Lipinski definition) is 5. The monoisotopic (exact) mass is 428 g/mol. The minimum absolute atomic E-state index is 0.0229. The highest BCUT2D eigenvalue weighted by Crippen LogP contribution is 2.41. The van der Waals surface area contributed by atoms with Gasteiger partial charge in [0.1, 0.15) is 6.10 Å². The molecule has 0 aromatic heterocycles. The molecule has 32 heavy (non-hydrogen) atoms. The summed E-state index contributed by atoms with van der Waals surface area (Å²) in [4.78, 5) is 28.9. The number of carbonyl (C=O) groups is 2. The van der Waals surface area contributed by atoms with Gasteiger partial charge in [0, 0.05) is 28.6 Å². The number of nitrogens with zero attached hydrogens (tertiary/aromatic N) is 1. The van der Waals surface area contributed by atoms with Crippen molar-refractivity contribution in [2.24, 2.45) is 0 Å². The summed E-state index contributed by atoms with van der Waals surface area (Å²) in [5, 5.41) is 3.40. The highest BCUT2D eigenvalue weighted by atomic mass is 16.5. The smallest absolute Gasteiger partial charge is 0.337 e. The Kier molecular flexibility index (Phi) is 5.56. The lowest BCUT2D eigenvalue weighted by Crippen LogP contribution is -2.45. The zero-order chi connectivity index (χ0) is 22.1. The summed E-state index contributed by atoms with van der Waals surface area (Å²) in [6.07, 6.45) is 4.00. The largest absolute Gasteiger partial charge is 0.459 e. The number of para-hydroxylation sites is 1. The molecule has 1 aliphatic carbocycles. The van der Waals surface area contributed by atoms with Crippen LogP contribution in [0.25, 0.3) is 0 Å². The van der Waals surface area contributed by atoms with Crippen LogP contribution in [-0.2, 0) is 14.3 Å². The Morgan fingerprint density at radius 1 is 0.969 bits per heavy atom. The molecule has 0 amide bonds. The Balaban J connectivity index is 1.53. The molecule has 2 aromatic rings. The summed E-state index contributed by atoms with van der Waals surface area (Å²) in [6, 6.07) is 19.8.